The summed E-state index contributed by atoms with van der Waals surface area (Å²) in [6.45, 7) is 0. The van der Waals surface area contributed by atoms with Gasteiger partial charge in [0.2, 0.25) is 5.88 Å². The number of nitrogens with two attached hydrogens (primary N) is 1. The third-order valence-electron chi connectivity index (χ3n) is 2.67. The fourth-order valence-corrected chi connectivity index (χ4v) is 2.77. The van der Waals surface area contributed by atoms with Crippen LogP contribution in [-0.2, 0) is 0 Å². The fraction of sp³-hybridized carbons (Fsp3) is 0. The number of anilines is 1. The number of thiophene rings is 1. The Hall–Kier alpha value is -1.85. The van der Waals surface area contributed by atoms with Crippen molar-refractivity contribution in [2.24, 2.45) is 0 Å². The molecule has 1 aromatic carbocycles. The molecule has 0 aliphatic heterocycles. The molecule has 96 valence electrons. The van der Waals surface area contributed by atoms with Crippen LogP contribution in [-0.4, -0.2) is 5.16 Å². The summed E-state index contributed by atoms with van der Waals surface area (Å²) in [5.74, 6) is -0.257. The Kier molecular flexibility index (Phi) is 3.00. The number of aromatic nitrogens is 1. The maximum Gasteiger partial charge on any atom is 0.231 e. The molecule has 3 aromatic rings. The van der Waals surface area contributed by atoms with Gasteiger partial charge in [-0.3, -0.25) is 0 Å². The Morgan fingerprint density at radius 3 is 2.89 bits per heavy atom. The SMILES string of the molecule is Nc1onc(-c2cc(Cl)ccc2F)c1-c1cccs1. The summed E-state index contributed by atoms with van der Waals surface area (Å²) in [6.07, 6.45) is 0. The molecule has 0 radical (unpaired) electrons. The molecule has 19 heavy (non-hydrogen) atoms. The van der Waals surface area contributed by atoms with Crippen LogP contribution in [0.3, 0.4) is 0 Å². The van der Waals surface area contributed by atoms with Crippen molar-refractivity contribution in [3.63, 3.8) is 0 Å². The van der Waals surface area contributed by atoms with Crippen LogP contribution in [0.15, 0.2) is 40.2 Å². The second-order valence-corrected chi connectivity index (χ2v) is 5.26. The van der Waals surface area contributed by atoms with Gasteiger partial charge in [0.1, 0.15) is 11.5 Å². The molecule has 0 atom stereocenters. The summed E-state index contributed by atoms with van der Waals surface area (Å²) in [7, 11) is 0. The van der Waals surface area contributed by atoms with E-state index in [2.05, 4.69) is 5.16 Å². The summed E-state index contributed by atoms with van der Waals surface area (Å²) in [5.41, 5.74) is 7.01. The highest BCUT2D eigenvalue weighted by molar-refractivity contribution is 7.13. The molecule has 3 rings (SSSR count). The Morgan fingerprint density at radius 2 is 2.16 bits per heavy atom. The van der Waals surface area contributed by atoms with Crippen LogP contribution in [0.4, 0.5) is 10.3 Å². The smallest absolute Gasteiger partial charge is 0.231 e. The van der Waals surface area contributed by atoms with E-state index < -0.39 is 5.82 Å². The van der Waals surface area contributed by atoms with Crippen LogP contribution >= 0.6 is 22.9 Å². The van der Waals surface area contributed by atoms with Gasteiger partial charge in [-0.25, -0.2) is 4.39 Å². The number of halogens is 2. The van der Waals surface area contributed by atoms with Gasteiger partial charge in [-0.1, -0.05) is 22.8 Å². The molecule has 0 bridgehead atoms. The molecule has 0 amide bonds. The van der Waals surface area contributed by atoms with Crippen molar-refractivity contribution in [1.29, 1.82) is 0 Å². The number of hydrogen-bond donors (Lipinski definition) is 1. The number of nitrogen functional groups attached to an aromatic ring is 1. The number of nitrogens with zero attached hydrogens (tertiary/aromatic N) is 1. The van der Waals surface area contributed by atoms with Crippen LogP contribution < -0.4 is 5.73 Å². The molecule has 0 unspecified atom stereocenters. The highest BCUT2D eigenvalue weighted by atomic mass is 35.5. The van der Waals surface area contributed by atoms with Crippen molar-refractivity contribution in [2.45, 2.75) is 0 Å². The van der Waals surface area contributed by atoms with E-state index >= 15 is 0 Å². The number of hydrogen-bond acceptors (Lipinski definition) is 4. The van der Waals surface area contributed by atoms with Gasteiger partial charge < -0.3 is 10.3 Å². The van der Waals surface area contributed by atoms with Gasteiger partial charge in [-0.2, -0.15) is 0 Å². The van der Waals surface area contributed by atoms with E-state index in [4.69, 9.17) is 21.9 Å². The number of rotatable bonds is 2. The molecular weight excluding hydrogens is 287 g/mol. The zero-order chi connectivity index (χ0) is 13.4. The van der Waals surface area contributed by atoms with E-state index in [-0.39, 0.29) is 11.4 Å². The topological polar surface area (TPSA) is 52.0 Å². The molecule has 0 aliphatic rings. The van der Waals surface area contributed by atoms with Crippen molar-refractivity contribution in [3.8, 4) is 21.7 Å². The first-order chi connectivity index (χ1) is 9.16. The summed E-state index contributed by atoms with van der Waals surface area (Å²) >= 11 is 7.38. The Morgan fingerprint density at radius 1 is 1.32 bits per heavy atom. The molecule has 2 aromatic heterocycles. The quantitative estimate of drug-likeness (QED) is 0.760. The van der Waals surface area contributed by atoms with Gasteiger partial charge in [-0.15, -0.1) is 11.3 Å². The summed E-state index contributed by atoms with van der Waals surface area (Å²) < 4.78 is 18.9. The molecule has 0 saturated carbocycles. The van der Waals surface area contributed by atoms with Crippen molar-refractivity contribution in [1.82, 2.24) is 5.16 Å². The minimum atomic E-state index is -0.421. The molecule has 6 heteroatoms. The average molecular weight is 295 g/mol. The Balaban J connectivity index is 2.24. The van der Waals surface area contributed by atoms with Crippen LogP contribution in [0.5, 0.6) is 0 Å². The first kappa shape index (κ1) is 12.2. The van der Waals surface area contributed by atoms with Gasteiger partial charge in [0.15, 0.2) is 0 Å². The van der Waals surface area contributed by atoms with Gasteiger partial charge >= 0.3 is 0 Å². The summed E-state index contributed by atoms with van der Waals surface area (Å²) in [4.78, 5) is 0.869. The lowest BCUT2D eigenvalue weighted by Gasteiger charge is -2.02. The lowest BCUT2D eigenvalue weighted by molar-refractivity contribution is 0.439. The molecule has 3 nitrogen and oxygen atoms in total. The molecule has 0 saturated heterocycles. The van der Waals surface area contributed by atoms with Crippen LogP contribution in [0.2, 0.25) is 5.02 Å². The maximum absolute atomic E-state index is 13.9. The summed E-state index contributed by atoms with van der Waals surface area (Å²) in [5, 5.41) is 6.18. The highest BCUT2D eigenvalue weighted by Crippen LogP contribution is 2.39. The standard InChI is InChI=1S/C13H8ClFN2OS/c14-7-3-4-9(15)8(6-7)12-11(13(16)18-17-12)10-2-1-5-19-10/h1-6H,16H2. The molecular formula is C13H8ClFN2OS. The maximum atomic E-state index is 13.9. The predicted octanol–water partition coefficient (Wildman–Crippen LogP) is 4.44. The van der Waals surface area contributed by atoms with Gasteiger partial charge in [-0.05, 0) is 29.6 Å². The second kappa shape index (κ2) is 4.68. The van der Waals surface area contributed by atoms with Gasteiger partial charge in [0.25, 0.3) is 0 Å². The lowest BCUT2D eigenvalue weighted by atomic mass is 10.1. The van der Waals surface area contributed by atoms with Crippen LogP contribution in [0.1, 0.15) is 0 Å². The first-order valence-corrected chi connectivity index (χ1v) is 6.67. The zero-order valence-electron chi connectivity index (χ0n) is 9.56. The minimum absolute atomic E-state index is 0.164. The Labute approximate surface area is 117 Å². The average Bonchev–Trinajstić information content (AvgIpc) is 3.01. The van der Waals surface area contributed by atoms with Crippen LogP contribution in [0, 0.1) is 5.82 Å². The monoisotopic (exact) mass is 294 g/mol. The van der Waals surface area contributed by atoms with E-state index in [0.717, 1.165) is 4.88 Å². The molecule has 0 fully saturated rings. The van der Waals surface area contributed by atoms with Gasteiger partial charge in [0.05, 0.1) is 5.56 Å². The molecule has 2 heterocycles. The molecule has 0 aliphatic carbocycles. The third-order valence-corrected chi connectivity index (χ3v) is 3.79. The normalized spacial score (nSPS) is 10.8. The fourth-order valence-electron chi connectivity index (χ4n) is 1.82. The van der Waals surface area contributed by atoms with E-state index in [9.17, 15) is 4.39 Å². The van der Waals surface area contributed by atoms with Crippen molar-refractivity contribution in [3.05, 3.63) is 46.6 Å². The van der Waals surface area contributed by atoms with Crippen molar-refractivity contribution >= 4 is 28.8 Å². The largest absolute Gasteiger partial charge is 0.367 e. The molecule has 0 spiro atoms. The van der Waals surface area contributed by atoms with Crippen LogP contribution in [0.25, 0.3) is 21.7 Å². The van der Waals surface area contributed by atoms with Gasteiger partial charge in [0, 0.05) is 15.5 Å². The third kappa shape index (κ3) is 2.11. The second-order valence-electron chi connectivity index (χ2n) is 3.87. The summed E-state index contributed by atoms with van der Waals surface area (Å²) in [6, 6.07) is 8.03. The zero-order valence-corrected chi connectivity index (χ0v) is 11.1. The lowest BCUT2D eigenvalue weighted by Crippen LogP contribution is -1.88. The number of benzene rings is 1. The first-order valence-electron chi connectivity index (χ1n) is 5.41. The minimum Gasteiger partial charge on any atom is -0.367 e. The van der Waals surface area contributed by atoms with E-state index in [1.165, 1.54) is 29.5 Å². The van der Waals surface area contributed by atoms with E-state index in [1.807, 2.05) is 17.5 Å². The Bertz CT molecular complexity index is 724. The highest BCUT2D eigenvalue weighted by Gasteiger charge is 2.20. The predicted molar refractivity (Wildman–Crippen MR) is 74.6 cm³/mol. The van der Waals surface area contributed by atoms with E-state index in [1.54, 1.807) is 0 Å². The molecule has 2 N–H and O–H groups in total. The van der Waals surface area contributed by atoms with Crippen molar-refractivity contribution in [2.75, 3.05) is 5.73 Å². The van der Waals surface area contributed by atoms with E-state index in [0.29, 0.717) is 16.3 Å². The van der Waals surface area contributed by atoms with Crippen molar-refractivity contribution < 1.29 is 8.91 Å².